The number of ether oxygens (including phenoxy) is 1. The highest BCUT2D eigenvalue weighted by Gasteiger charge is 2.43. The Morgan fingerprint density at radius 2 is 2.16 bits per heavy atom. The van der Waals surface area contributed by atoms with Crippen molar-refractivity contribution in [3.8, 4) is 11.5 Å². The largest absolute Gasteiger partial charge is 0.536 e. The van der Waals surface area contributed by atoms with E-state index in [9.17, 15) is 23.3 Å². The number of aromatic carboxylic acids is 1. The van der Waals surface area contributed by atoms with Crippen molar-refractivity contribution < 1.29 is 32.7 Å². The third-order valence-electron chi connectivity index (χ3n) is 4.15. The first kappa shape index (κ1) is 18.3. The van der Waals surface area contributed by atoms with Crippen LogP contribution in [0.5, 0.6) is 11.5 Å². The molecule has 1 atom stereocenters. The summed E-state index contributed by atoms with van der Waals surface area (Å²) in [6.07, 6.45) is 0.400. The molecular formula is C13H17BN2O7S2. The smallest absolute Gasteiger partial charge is 0.534 e. The van der Waals surface area contributed by atoms with E-state index in [1.165, 1.54) is 18.9 Å². The summed E-state index contributed by atoms with van der Waals surface area (Å²) in [5.41, 5.74) is 0.537. The maximum absolute atomic E-state index is 11.5. The molecule has 1 aromatic rings. The van der Waals surface area contributed by atoms with Crippen LogP contribution < -0.4 is 14.5 Å². The monoisotopic (exact) mass is 388 g/mol. The Hall–Kier alpha value is -1.47. The van der Waals surface area contributed by atoms with Gasteiger partial charge in [-0.1, -0.05) is 6.07 Å². The molecule has 0 aliphatic carbocycles. The Morgan fingerprint density at radius 1 is 1.48 bits per heavy atom. The van der Waals surface area contributed by atoms with Crippen LogP contribution in [0.4, 0.5) is 0 Å². The number of benzene rings is 1. The Labute approximate surface area is 149 Å². The van der Waals surface area contributed by atoms with Gasteiger partial charge in [-0.3, -0.25) is 0 Å². The van der Waals surface area contributed by atoms with Gasteiger partial charge in [-0.15, -0.1) is 0 Å². The van der Waals surface area contributed by atoms with Gasteiger partial charge in [0, 0.05) is 18.3 Å². The van der Waals surface area contributed by atoms with Crippen molar-refractivity contribution in [3.05, 3.63) is 23.3 Å². The van der Waals surface area contributed by atoms with Gasteiger partial charge in [0.25, 0.3) is 10.2 Å². The van der Waals surface area contributed by atoms with Gasteiger partial charge in [0.05, 0.1) is 12.3 Å². The molecule has 0 unspecified atom stereocenters. The van der Waals surface area contributed by atoms with Crippen molar-refractivity contribution in [3.63, 3.8) is 0 Å². The minimum atomic E-state index is -3.68. The van der Waals surface area contributed by atoms with E-state index in [0.29, 0.717) is 12.0 Å². The third-order valence-corrected chi connectivity index (χ3v) is 6.60. The molecule has 0 bridgehead atoms. The highest BCUT2D eigenvalue weighted by atomic mass is 32.2. The molecule has 0 radical (unpaired) electrons. The van der Waals surface area contributed by atoms with Crippen LogP contribution in [0.3, 0.4) is 0 Å². The lowest BCUT2D eigenvalue weighted by molar-refractivity contribution is 0.0690. The number of carboxylic acids is 1. The summed E-state index contributed by atoms with van der Waals surface area (Å²) in [6, 6.07) is 3.26. The summed E-state index contributed by atoms with van der Waals surface area (Å²) in [5.74, 6) is -0.932. The molecule has 136 valence electrons. The molecule has 2 heterocycles. The van der Waals surface area contributed by atoms with Gasteiger partial charge >= 0.3 is 13.1 Å². The van der Waals surface area contributed by atoms with E-state index in [-0.39, 0.29) is 40.6 Å². The summed E-state index contributed by atoms with van der Waals surface area (Å²) in [5, 5.41) is 24.3. The number of carboxylic acid groups (broad SMARTS) is 1. The zero-order valence-corrected chi connectivity index (χ0v) is 14.9. The molecule has 4 N–H and O–H groups in total. The lowest BCUT2D eigenvalue weighted by Gasteiger charge is -2.39. The molecule has 0 amide bonds. The van der Waals surface area contributed by atoms with Crippen molar-refractivity contribution in [1.82, 2.24) is 4.31 Å². The molecule has 12 heteroatoms. The number of nitrogens with zero attached hydrogens (tertiary/aromatic N) is 1. The van der Waals surface area contributed by atoms with Crippen LogP contribution in [0.2, 0.25) is 0 Å². The van der Waals surface area contributed by atoms with Crippen LogP contribution in [-0.2, 0) is 16.6 Å². The van der Waals surface area contributed by atoms with Crippen molar-refractivity contribution in [2.24, 2.45) is 5.14 Å². The van der Waals surface area contributed by atoms with Gasteiger partial charge in [-0.25, -0.2) is 9.93 Å². The molecule has 2 aliphatic heterocycles. The minimum Gasteiger partial charge on any atom is -0.534 e. The summed E-state index contributed by atoms with van der Waals surface area (Å²) in [7, 11) is -3.52. The Morgan fingerprint density at radius 3 is 2.72 bits per heavy atom. The van der Waals surface area contributed by atoms with Crippen LogP contribution in [0, 0.1) is 0 Å². The van der Waals surface area contributed by atoms with Crippen molar-refractivity contribution in [2.75, 3.05) is 20.2 Å². The quantitative estimate of drug-likeness (QED) is 0.565. The average Bonchev–Trinajstić information content (AvgIpc) is 2.47. The first-order valence-electron chi connectivity index (χ1n) is 7.42. The van der Waals surface area contributed by atoms with Crippen molar-refractivity contribution in [2.45, 2.75) is 16.8 Å². The van der Waals surface area contributed by atoms with E-state index < -0.39 is 23.3 Å². The topological polar surface area (TPSA) is 139 Å². The molecular weight excluding hydrogens is 371 g/mol. The van der Waals surface area contributed by atoms with E-state index in [1.54, 1.807) is 12.1 Å². The van der Waals surface area contributed by atoms with Gasteiger partial charge in [0.1, 0.15) is 17.1 Å². The van der Waals surface area contributed by atoms with Gasteiger partial charge in [0.15, 0.2) is 0 Å². The maximum Gasteiger partial charge on any atom is 0.536 e. The second-order valence-corrected chi connectivity index (χ2v) is 8.90. The van der Waals surface area contributed by atoms with Crippen LogP contribution in [0.1, 0.15) is 15.9 Å². The van der Waals surface area contributed by atoms with Crippen molar-refractivity contribution >= 4 is 35.1 Å². The molecule has 0 saturated carbocycles. The van der Waals surface area contributed by atoms with E-state index >= 15 is 0 Å². The van der Waals surface area contributed by atoms with Gasteiger partial charge < -0.3 is 19.5 Å². The fraction of sp³-hybridized carbons (Fsp3) is 0.462. The van der Waals surface area contributed by atoms with Crippen LogP contribution >= 0.6 is 11.8 Å². The molecule has 1 fully saturated rings. The number of carbonyl (C=O) groups is 1. The maximum atomic E-state index is 11.5. The van der Waals surface area contributed by atoms with Gasteiger partial charge in [-0.05, 0) is 18.1 Å². The van der Waals surface area contributed by atoms with Crippen LogP contribution in [-0.4, -0.2) is 66.5 Å². The van der Waals surface area contributed by atoms with E-state index in [0.717, 1.165) is 4.31 Å². The Bertz CT molecular complexity index is 798. The molecule has 0 spiro atoms. The summed E-state index contributed by atoms with van der Waals surface area (Å²) in [6.45, 7) is 0.561. The SMILES string of the molecule is COc1ccc2c(c1C(=O)O)OB(O)[C@@H](SC1CN(S(N)(=O)=O)C1)C2. The second-order valence-electron chi connectivity index (χ2n) is 5.81. The van der Waals surface area contributed by atoms with E-state index in [1.807, 2.05) is 0 Å². The third kappa shape index (κ3) is 3.58. The fourth-order valence-electron chi connectivity index (χ4n) is 2.85. The zero-order chi connectivity index (χ0) is 18.4. The molecule has 1 saturated heterocycles. The number of rotatable bonds is 5. The van der Waals surface area contributed by atoms with E-state index in [2.05, 4.69) is 0 Å². The first-order valence-corrected chi connectivity index (χ1v) is 9.86. The highest BCUT2D eigenvalue weighted by molar-refractivity contribution is 8.02. The summed E-state index contributed by atoms with van der Waals surface area (Å²) in [4.78, 5) is 11.5. The van der Waals surface area contributed by atoms with Crippen LogP contribution in [0.15, 0.2) is 12.1 Å². The lowest BCUT2D eigenvalue weighted by atomic mass is 9.77. The Kier molecular flexibility index (Phi) is 4.90. The molecule has 2 aliphatic rings. The Balaban J connectivity index is 1.74. The average molecular weight is 388 g/mol. The number of fused-ring (bicyclic) bond motifs is 1. The van der Waals surface area contributed by atoms with Gasteiger partial charge in [-0.2, -0.15) is 24.5 Å². The molecule has 3 rings (SSSR count). The number of hydrogen-bond acceptors (Lipinski definition) is 7. The number of methoxy groups -OCH3 is 1. The number of hydrogen-bond donors (Lipinski definition) is 3. The molecule has 0 aromatic heterocycles. The zero-order valence-electron chi connectivity index (χ0n) is 13.3. The predicted octanol–water partition coefficient (Wildman–Crippen LogP) is -0.662. The predicted molar refractivity (Wildman–Crippen MR) is 92.1 cm³/mol. The molecule has 9 nitrogen and oxygen atoms in total. The molecule has 25 heavy (non-hydrogen) atoms. The minimum absolute atomic E-state index is 0.000294. The number of nitrogens with two attached hydrogens (primary N) is 1. The normalized spacial score (nSPS) is 21.2. The second kappa shape index (κ2) is 6.69. The van der Waals surface area contributed by atoms with Crippen molar-refractivity contribution in [1.29, 1.82) is 0 Å². The standard InChI is InChI=1S/C13H17BN2O7S2/c1-22-9-3-2-7-4-10(14(19)23-12(7)11(9)13(17)18)24-8-5-16(6-8)25(15,20)21/h2-3,8,10,19H,4-6H2,1H3,(H,17,18)(H2,15,20,21)/t10-/m0/s1. The number of thioether (sulfide) groups is 1. The first-order chi connectivity index (χ1) is 11.7. The molecule has 1 aromatic carbocycles. The summed E-state index contributed by atoms with van der Waals surface area (Å²) >= 11 is 1.41. The lowest BCUT2D eigenvalue weighted by Crippen LogP contribution is -2.56. The summed E-state index contributed by atoms with van der Waals surface area (Å²) < 4.78 is 34.1. The van der Waals surface area contributed by atoms with Crippen LogP contribution in [0.25, 0.3) is 0 Å². The van der Waals surface area contributed by atoms with E-state index in [4.69, 9.17) is 14.5 Å². The fourth-order valence-corrected chi connectivity index (χ4v) is 5.30. The highest BCUT2D eigenvalue weighted by Crippen LogP contribution is 2.40. The van der Waals surface area contributed by atoms with Gasteiger partial charge in [0.2, 0.25) is 0 Å².